The van der Waals surface area contributed by atoms with Crippen molar-refractivity contribution in [3.63, 3.8) is 0 Å². The molecular weight excluding hydrogens is 248 g/mol. The quantitative estimate of drug-likeness (QED) is 0.917. The Kier molecular flexibility index (Phi) is 4.31. The molecule has 0 spiro atoms. The molecule has 0 aliphatic heterocycles. The van der Waals surface area contributed by atoms with Gasteiger partial charge < -0.3 is 5.32 Å². The zero-order chi connectivity index (χ0) is 14.5. The number of nitrogens with one attached hydrogen (secondary N) is 1. The fraction of sp³-hybridized carbons (Fsp3) is 0.312. The number of hydrogen-bond acceptors (Lipinski definition) is 4. The first-order valence-electron chi connectivity index (χ1n) is 6.68. The summed E-state index contributed by atoms with van der Waals surface area (Å²) < 4.78 is 0. The summed E-state index contributed by atoms with van der Waals surface area (Å²) in [6, 6.07) is 11.8. The molecule has 0 radical (unpaired) electrons. The summed E-state index contributed by atoms with van der Waals surface area (Å²) in [6.45, 7) is 6.28. The van der Waals surface area contributed by atoms with E-state index in [1.54, 1.807) is 6.33 Å². The van der Waals surface area contributed by atoms with Crippen LogP contribution in [-0.4, -0.2) is 9.97 Å². The normalized spacial score (nSPS) is 11.9. The van der Waals surface area contributed by atoms with Crippen LogP contribution < -0.4 is 5.32 Å². The predicted molar refractivity (Wildman–Crippen MR) is 79.3 cm³/mol. The fourth-order valence-corrected chi connectivity index (χ4v) is 1.92. The van der Waals surface area contributed by atoms with Crippen molar-refractivity contribution in [1.29, 1.82) is 5.26 Å². The van der Waals surface area contributed by atoms with Gasteiger partial charge in [-0.2, -0.15) is 5.26 Å². The number of nitrogens with zero attached hydrogens (tertiary/aromatic N) is 3. The van der Waals surface area contributed by atoms with Gasteiger partial charge in [-0.15, -0.1) is 0 Å². The van der Waals surface area contributed by atoms with Crippen molar-refractivity contribution in [2.24, 2.45) is 0 Å². The third kappa shape index (κ3) is 3.33. The van der Waals surface area contributed by atoms with E-state index in [9.17, 15) is 0 Å². The van der Waals surface area contributed by atoms with E-state index in [0.29, 0.717) is 11.5 Å². The second-order valence-corrected chi connectivity index (χ2v) is 5.08. The molecule has 4 nitrogen and oxygen atoms in total. The van der Waals surface area contributed by atoms with Gasteiger partial charge >= 0.3 is 0 Å². The summed E-state index contributed by atoms with van der Waals surface area (Å²) in [4.78, 5) is 8.50. The average molecular weight is 266 g/mol. The predicted octanol–water partition coefficient (Wildman–Crippen LogP) is 3.64. The van der Waals surface area contributed by atoms with Crippen LogP contribution >= 0.6 is 0 Å². The maximum Gasteiger partial charge on any atom is 0.130 e. The molecule has 0 saturated heterocycles. The van der Waals surface area contributed by atoms with Gasteiger partial charge in [0.2, 0.25) is 0 Å². The minimum absolute atomic E-state index is 0.123. The van der Waals surface area contributed by atoms with Crippen LogP contribution in [0.4, 0.5) is 5.82 Å². The highest BCUT2D eigenvalue weighted by atomic mass is 15.0. The Labute approximate surface area is 119 Å². The first-order valence-corrected chi connectivity index (χ1v) is 6.68. The molecule has 20 heavy (non-hydrogen) atoms. The summed E-state index contributed by atoms with van der Waals surface area (Å²) >= 11 is 0. The number of benzene rings is 1. The zero-order valence-electron chi connectivity index (χ0n) is 12.0. The van der Waals surface area contributed by atoms with Crippen molar-refractivity contribution in [1.82, 2.24) is 9.97 Å². The van der Waals surface area contributed by atoms with Crippen molar-refractivity contribution in [3.05, 3.63) is 53.5 Å². The van der Waals surface area contributed by atoms with Gasteiger partial charge in [0.25, 0.3) is 0 Å². The van der Waals surface area contributed by atoms with E-state index in [0.717, 1.165) is 17.1 Å². The third-order valence-corrected chi connectivity index (χ3v) is 3.18. The molecule has 1 aromatic carbocycles. The standard InChI is InChI=1S/C16H18N4/c1-11(2)15-8-16(19-10-18-15)20-12(3)14-6-4-13(9-17)5-7-14/h4-8,10-12H,1-3H3,(H,18,19,20). The third-order valence-electron chi connectivity index (χ3n) is 3.18. The SMILES string of the molecule is CC(C)c1cc(NC(C)c2ccc(C#N)cc2)ncn1. The average Bonchev–Trinajstić information content (AvgIpc) is 2.47. The molecule has 2 aromatic rings. The molecule has 2 rings (SSSR count). The molecule has 1 heterocycles. The zero-order valence-corrected chi connectivity index (χ0v) is 12.0. The van der Waals surface area contributed by atoms with E-state index in [4.69, 9.17) is 5.26 Å². The van der Waals surface area contributed by atoms with E-state index in [2.05, 4.69) is 42.1 Å². The molecule has 0 saturated carbocycles. The molecule has 0 amide bonds. The van der Waals surface area contributed by atoms with Crippen LogP contribution in [0.2, 0.25) is 0 Å². The smallest absolute Gasteiger partial charge is 0.130 e. The highest BCUT2D eigenvalue weighted by Gasteiger charge is 2.08. The van der Waals surface area contributed by atoms with Crippen molar-refractivity contribution in [2.75, 3.05) is 5.32 Å². The Bertz CT molecular complexity index is 611. The van der Waals surface area contributed by atoms with Gasteiger partial charge in [0.1, 0.15) is 12.1 Å². The highest BCUT2D eigenvalue weighted by molar-refractivity contribution is 5.40. The molecule has 1 unspecified atom stereocenters. The number of nitriles is 1. The van der Waals surface area contributed by atoms with Crippen molar-refractivity contribution in [3.8, 4) is 6.07 Å². The lowest BCUT2D eigenvalue weighted by Gasteiger charge is -2.15. The summed E-state index contributed by atoms with van der Waals surface area (Å²) in [7, 11) is 0. The maximum atomic E-state index is 8.80. The van der Waals surface area contributed by atoms with Crippen LogP contribution in [0.1, 0.15) is 49.6 Å². The minimum atomic E-state index is 0.123. The van der Waals surface area contributed by atoms with Gasteiger partial charge in [0.05, 0.1) is 11.6 Å². The summed E-state index contributed by atoms with van der Waals surface area (Å²) in [6.07, 6.45) is 1.59. The first kappa shape index (κ1) is 14.0. The van der Waals surface area contributed by atoms with Crippen molar-refractivity contribution in [2.45, 2.75) is 32.7 Å². The van der Waals surface area contributed by atoms with E-state index >= 15 is 0 Å². The van der Waals surface area contributed by atoms with E-state index < -0.39 is 0 Å². The number of anilines is 1. The molecular formula is C16H18N4. The van der Waals surface area contributed by atoms with Crippen LogP contribution in [0.25, 0.3) is 0 Å². The number of aromatic nitrogens is 2. The Hall–Kier alpha value is -2.41. The highest BCUT2D eigenvalue weighted by Crippen LogP contribution is 2.20. The lowest BCUT2D eigenvalue weighted by atomic mass is 10.1. The second-order valence-electron chi connectivity index (χ2n) is 5.08. The monoisotopic (exact) mass is 266 g/mol. The van der Waals surface area contributed by atoms with Gasteiger partial charge in [0, 0.05) is 17.8 Å². The topological polar surface area (TPSA) is 61.6 Å². The summed E-state index contributed by atoms with van der Waals surface area (Å²) in [5.41, 5.74) is 2.81. The molecule has 0 bridgehead atoms. The molecule has 4 heteroatoms. The second kappa shape index (κ2) is 6.16. The summed E-state index contributed by atoms with van der Waals surface area (Å²) in [5, 5.41) is 12.2. The fourth-order valence-electron chi connectivity index (χ4n) is 1.92. The van der Waals surface area contributed by atoms with E-state index in [1.165, 1.54) is 0 Å². The molecule has 1 aromatic heterocycles. The number of rotatable bonds is 4. The largest absolute Gasteiger partial charge is 0.363 e. The van der Waals surface area contributed by atoms with Gasteiger partial charge in [-0.25, -0.2) is 9.97 Å². The van der Waals surface area contributed by atoms with Gasteiger partial charge in [-0.1, -0.05) is 26.0 Å². The molecule has 0 aliphatic carbocycles. The Morgan fingerprint density at radius 2 is 1.80 bits per heavy atom. The Morgan fingerprint density at radius 3 is 2.40 bits per heavy atom. The van der Waals surface area contributed by atoms with Crippen LogP contribution in [-0.2, 0) is 0 Å². The Balaban J connectivity index is 2.12. The van der Waals surface area contributed by atoms with Gasteiger partial charge in [0.15, 0.2) is 0 Å². The molecule has 0 fully saturated rings. The lowest BCUT2D eigenvalue weighted by molar-refractivity contribution is 0.807. The molecule has 0 aliphatic rings. The Morgan fingerprint density at radius 1 is 1.10 bits per heavy atom. The first-order chi connectivity index (χ1) is 9.60. The molecule has 1 atom stereocenters. The minimum Gasteiger partial charge on any atom is -0.363 e. The van der Waals surface area contributed by atoms with Crippen LogP contribution in [0.15, 0.2) is 36.7 Å². The van der Waals surface area contributed by atoms with E-state index in [-0.39, 0.29) is 6.04 Å². The van der Waals surface area contributed by atoms with Gasteiger partial charge in [-0.05, 0) is 30.5 Å². The van der Waals surface area contributed by atoms with Crippen molar-refractivity contribution >= 4 is 5.82 Å². The van der Waals surface area contributed by atoms with Crippen LogP contribution in [0, 0.1) is 11.3 Å². The van der Waals surface area contributed by atoms with Gasteiger partial charge in [-0.3, -0.25) is 0 Å². The van der Waals surface area contributed by atoms with Crippen LogP contribution in [0.5, 0.6) is 0 Å². The summed E-state index contributed by atoms with van der Waals surface area (Å²) in [5.74, 6) is 1.20. The van der Waals surface area contributed by atoms with Crippen LogP contribution in [0.3, 0.4) is 0 Å². The maximum absolute atomic E-state index is 8.80. The van der Waals surface area contributed by atoms with Crippen molar-refractivity contribution < 1.29 is 0 Å². The van der Waals surface area contributed by atoms with E-state index in [1.807, 2.05) is 30.3 Å². The molecule has 102 valence electrons. The lowest BCUT2D eigenvalue weighted by Crippen LogP contribution is -2.09. The number of hydrogen-bond donors (Lipinski definition) is 1. The molecule has 1 N–H and O–H groups in total.